The van der Waals surface area contributed by atoms with Crippen molar-refractivity contribution in [3.05, 3.63) is 141 Å². The van der Waals surface area contributed by atoms with Crippen LogP contribution in [0.1, 0.15) is 74.8 Å². The Balaban J connectivity index is 1.13. The van der Waals surface area contributed by atoms with Crippen LogP contribution in [-0.2, 0) is 10.6 Å². The standard InChI is InChI=1S/C30H18O4Se2/c31-27-19-5-1-3-7-21(19)29(33)25-13-17(9-11-23(25)27)15-35-36-16-18-10-12-24-26(14-18)30(34)22-8-4-2-6-20(22)28(24)32/h1-14H,15-16H2. The Kier molecular flexibility index (Phi) is 5.91. The number of ketones is 4. The van der Waals surface area contributed by atoms with E-state index in [0.717, 1.165) is 21.8 Å². The molecule has 0 aromatic heterocycles. The van der Waals surface area contributed by atoms with Crippen molar-refractivity contribution in [2.45, 2.75) is 10.6 Å². The number of carbonyl (C=O) groups excluding carboxylic acids is 4. The van der Waals surface area contributed by atoms with Crippen molar-refractivity contribution in [3.63, 3.8) is 0 Å². The molecule has 2 aliphatic rings. The number of hydrogen-bond donors (Lipinski definition) is 0. The van der Waals surface area contributed by atoms with Gasteiger partial charge in [0.25, 0.3) is 0 Å². The first-order valence-electron chi connectivity index (χ1n) is 11.4. The van der Waals surface area contributed by atoms with E-state index in [-0.39, 0.29) is 23.1 Å². The summed E-state index contributed by atoms with van der Waals surface area (Å²) in [7, 11) is 0. The average molecular weight is 600 g/mol. The zero-order valence-corrected chi connectivity index (χ0v) is 22.4. The summed E-state index contributed by atoms with van der Waals surface area (Å²) in [5, 5.41) is 1.75. The van der Waals surface area contributed by atoms with Gasteiger partial charge in [-0.1, -0.05) is 0 Å². The third-order valence-corrected chi connectivity index (χ3v) is 13.1. The Labute approximate surface area is 219 Å². The van der Waals surface area contributed by atoms with Crippen LogP contribution >= 0.6 is 0 Å². The summed E-state index contributed by atoms with van der Waals surface area (Å²) < 4.78 is 0. The second-order valence-corrected chi connectivity index (χ2v) is 16.0. The van der Waals surface area contributed by atoms with Crippen molar-refractivity contribution < 1.29 is 19.2 Å². The van der Waals surface area contributed by atoms with Gasteiger partial charge in [0.2, 0.25) is 0 Å². The molecule has 0 saturated carbocycles. The van der Waals surface area contributed by atoms with E-state index in [0.29, 0.717) is 70.8 Å². The predicted molar refractivity (Wildman–Crippen MR) is 138 cm³/mol. The summed E-state index contributed by atoms with van der Waals surface area (Å²) >= 11 is 0.673. The summed E-state index contributed by atoms with van der Waals surface area (Å²) in [6.45, 7) is 0. The van der Waals surface area contributed by atoms with Crippen molar-refractivity contribution in [2.75, 3.05) is 0 Å². The molecule has 36 heavy (non-hydrogen) atoms. The molecule has 4 nitrogen and oxygen atoms in total. The van der Waals surface area contributed by atoms with Gasteiger partial charge < -0.3 is 0 Å². The van der Waals surface area contributed by atoms with Crippen LogP contribution in [0.3, 0.4) is 0 Å². The molecular weight excluding hydrogens is 582 g/mol. The quantitative estimate of drug-likeness (QED) is 0.219. The molecular formula is C30H18O4Se2. The van der Waals surface area contributed by atoms with Gasteiger partial charge in [-0.25, -0.2) is 0 Å². The van der Waals surface area contributed by atoms with E-state index >= 15 is 0 Å². The van der Waals surface area contributed by atoms with Gasteiger partial charge in [0.15, 0.2) is 0 Å². The van der Waals surface area contributed by atoms with Gasteiger partial charge in [-0.15, -0.1) is 0 Å². The zero-order valence-electron chi connectivity index (χ0n) is 18.9. The molecule has 4 aromatic rings. The minimum absolute atomic E-state index is 0.0880. The van der Waals surface area contributed by atoms with Gasteiger partial charge in [-0.2, -0.15) is 0 Å². The second-order valence-electron chi connectivity index (χ2n) is 8.69. The van der Waals surface area contributed by atoms with Crippen LogP contribution in [0.2, 0.25) is 0 Å². The minimum atomic E-state index is -0.0930. The van der Waals surface area contributed by atoms with Crippen molar-refractivity contribution in [2.24, 2.45) is 0 Å². The fourth-order valence-electron chi connectivity index (χ4n) is 4.69. The molecule has 4 aromatic carbocycles. The molecule has 0 aliphatic heterocycles. The van der Waals surface area contributed by atoms with Crippen molar-refractivity contribution in [1.82, 2.24) is 0 Å². The first-order valence-corrected chi connectivity index (χ1v) is 18.2. The number of benzene rings is 4. The van der Waals surface area contributed by atoms with E-state index in [1.807, 2.05) is 24.3 Å². The summed E-state index contributed by atoms with van der Waals surface area (Å²) in [5.74, 6) is -0.362. The zero-order chi connectivity index (χ0) is 24.8. The van der Waals surface area contributed by atoms with Gasteiger partial charge in [0.1, 0.15) is 0 Å². The first kappa shape index (κ1) is 23.0. The molecule has 0 radical (unpaired) electrons. The van der Waals surface area contributed by atoms with Crippen LogP contribution in [0.5, 0.6) is 0 Å². The van der Waals surface area contributed by atoms with Crippen molar-refractivity contribution in [3.8, 4) is 0 Å². The van der Waals surface area contributed by atoms with E-state index in [1.165, 1.54) is 0 Å². The Hall–Kier alpha value is -3.40. The van der Waals surface area contributed by atoms with Gasteiger partial charge in [-0.05, 0) is 0 Å². The van der Waals surface area contributed by atoms with Crippen molar-refractivity contribution >= 4 is 49.4 Å². The van der Waals surface area contributed by atoms with Gasteiger partial charge >= 0.3 is 220 Å². The molecule has 0 heterocycles. The third kappa shape index (κ3) is 3.84. The molecule has 0 atom stereocenters. The monoisotopic (exact) mass is 602 g/mol. The Morgan fingerprint density at radius 1 is 0.389 bits per heavy atom. The Morgan fingerprint density at radius 3 is 1.06 bits per heavy atom. The van der Waals surface area contributed by atoms with Crippen molar-refractivity contribution in [1.29, 1.82) is 0 Å². The molecule has 0 spiro atoms. The Bertz CT molecular complexity index is 1500. The molecule has 0 N–H and O–H groups in total. The second kappa shape index (κ2) is 9.24. The normalized spacial score (nSPS) is 13.7. The van der Waals surface area contributed by atoms with Crippen LogP contribution in [0, 0.1) is 0 Å². The molecule has 0 unspecified atom stereocenters. The SMILES string of the molecule is O=C1c2ccccc2C(=O)c2cc(C[Se][Se]Cc3ccc4c(c3)C(=O)c3ccccc3C4=O)ccc21. The summed E-state index contributed by atoms with van der Waals surface area (Å²) in [4.78, 5) is 51.6. The van der Waals surface area contributed by atoms with E-state index in [4.69, 9.17) is 0 Å². The first-order chi connectivity index (χ1) is 17.5. The maximum absolute atomic E-state index is 13.0. The van der Waals surface area contributed by atoms with Crippen LogP contribution in [0.4, 0.5) is 0 Å². The molecule has 2 aliphatic carbocycles. The topological polar surface area (TPSA) is 68.3 Å². The number of hydrogen-bond acceptors (Lipinski definition) is 4. The van der Waals surface area contributed by atoms with E-state index in [9.17, 15) is 19.2 Å². The molecule has 0 saturated heterocycles. The van der Waals surface area contributed by atoms with Crippen LogP contribution in [-0.4, -0.2) is 49.4 Å². The molecule has 6 rings (SSSR count). The van der Waals surface area contributed by atoms with Gasteiger partial charge in [0, 0.05) is 0 Å². The van der Waals surface area contributed by atoms with Crippen LogP contribution in [0.15, 0.2) is 84.9 Å². The van der Waals surface area contributed by atoms with E-state index in [1.54, 1.807) is 60.7 Å². The van der Waals surface area contributed by atoms with Crippen LogP contribution in [0.25, 0.3) is 0 Å². The van der Waals surface area contributed by atoms with E-state index < -0.39 is 0 Å². The predicted octanol–water partition coefficient (Wildman–Crippen LogP) is 4.26. The fourth-order valence-corrected chi connectivity index (χ4v) is 11.2. The average Bonchev–Trinajstić information content (AvgIpc) is 2.92. The summed E-state index contributed by atoms with van der Waals surface area (Å²) in [5.41, 5.74) is 6.00. The summed E-state index contributed by atoms with van der Waals surface area (Å²) in [6, 6.07) is 25.2. The molecule has 0 fully saturated rings. The number of fused-ring (bicyclic) bond motifs is 4. The maximum atomic E-state index is 13.0. The van der Waals surface area contributed by atoms with Gasteiger partial charge in [0.05, 0.1) is 0 Å². The molecule has 0 bridgehead atoms. The van der Waals surface area contributed by atoms with E-state index in [2.05, 4.69) is 0 Å². The molecule has 0 amide bonds. The third-order valence-electron chi connectivity index (χ3n) is 6.51. The number of rotatable bonds is 5. The van der Waals surface area contributed by atoms with Crippen LogP contribution < -0.4 is 0 Å². The molecule has 174 valence electrons. The summed E-state index contributed by atoms with van der Waals surface area (Å²) in [6.07, 6.45) is 0. The fraction of sp³-hybridized carbons (Fsp3) is 0.0667. The molecule has 6 heteroatoms. The number of carbonyl (C=O) groups is 4. The Morgan fingerprint density at radius 2 is 0.694 bits per heavy atom. The van der Waals surface area contributed by atoms with Gasteiger partial charge in [-0.3, -0.25) is 0 Å².